The number of benzene rings is 1. The van der Waals surface area contributed by atoms with Crippen molar-refractivity contribution in [3.8, 4) is 0 Å². The van der Waals surface area contributed by atoms with Crippen molar-refractivity contribution >= 4 is 25.6 Å². The molecule has 1 aliphatic heterocycles. The summed E-state index contributed by atoms with van der Waals surface area (Å²) >= 11 is 0. The van der Waals surface area contributed by atoms with Gasteiger partial charge >= 0.3 is 0 Å². The molecule has 116 valence electrons. The van der Waals surface area contributed by atoms with Crippen molar-refractivity contribution in [1.82, 2.24) is 5.32 Å². The van der Waals surface area contributed by atoms with Gasteiger partial charge in [-0.25, -0.2) is 12.8 Å². The quantitative estimate of drug-likeness (QED) is 0.852. The smallest absolute Gasteiger partial charge is 0.261 e. The zero-order chi connectivity index (χ0) is 15.6. The third kappa shape index (κ3) is 3.93. The highest BCUT2D eigenvalue weighted by atomic mass is 35.7. The lowest BCUT2D eigenvalue weighted by Crippen LogP contribution is -2.30. The SMILES string of the molecule is Cc1c(C(=O)NCC2CCOC2)cc(F)cc1S(=O)(=O)Cl. The molecule has 1 aliphatic rings. The van der Waals surface area contributed by atoms with E-state index in [1.165, 1.54) is 6.92 Å². The molecule has 1 saturated heterocycles. The second kappa shape index (κ2) is 6.29. The zero-order valence-corrected chi connectivity index (χ0v) is 12.9. The van der Waals surface area contributed by atoms with Crippen molar-refractivity contribution < 1.29 is 22.3 Å². The highest BCUT2D eigenvalue weighted by molar-refractivity contribution is 8.13. The number of amides is 1. The van der Waals surface area contributed by atoms with Gasteiger partial charge in [0.15, 0.2) is 0 Å². The molecule has 1 unspecified atom stereocenters. The summed E-state index contributed by atoms with van der Waals surface area (Å²) in [7, 11) is 1.14. The fourth-order valence-electron chi connectivity index (χ4n) is 2.22. The van der Waals surface area contributed by atoms with Gasteiger partial charge in [-0.2, -0.15) is 0 Å². The number of hydrogen-bond acceptors (Lipinski definition) is 4. The molecule has 1 aromatic rings. The molecule has 1 heterocycles. The predicted octanol–water partition coefficient (Wildman–Crippen LogP) is 1.83. The predicted molar refractivity (Wildman–Crippen MR) is 75.4 cm³/mol. The fraction of sp³-hybridized carbons (Fsp3) is 0.462. The Hall–Kier alpha value is -1.18. The van der Waals surface area contributed by atoms with Crippen molar-refractivity contribution in [2.45, 2.75) is 18.2 Å². The first kappa shape index (κ1) is 16.2. The van der Waals surface area contributed by atoms with E-state index in [1.54, 1.807) is 0 Å². The minimum Gasteiger partial charge on any atom is -0.381 e. The lowest BCUT2D eigenvalue weighted by atomic mass is 10.1. The highest BCUT2D eigenvalue weighted by Gasteiger charge is 2.22. The standard InChI is InChI=1S/C13H15ClFNO4S/c1-8-11(4-10(15)5-12(8)21(14,18)19)13(17)16-6-9-2-3-20-7-9/h4-5,9H,2-3,6-7H2,1H3,(H,16,17). The van der Waals surface area contributed by atoms with E-state index in [4.69, 9.17) is 15.4 Å². The highest BCUT2D eigenvalue weighted by Crippen LogP contribution is 2.24. The Morgan fingerprint density at radius 1 is 1.52 bits per heavy atom. The third-order valence-electron chi connectivity index (χ3n) is 3.41. The maximum atomic E-state index is 13.5. The summed E-state index contributed by atoms with van der Waals surface area (Å²) in [6.07, 6.45) is 0.851. The van der Waals surface area contributed by atoms with Crippen LogP contribution in [0.4, 0.5) is 4.39 Å². The van der Waals surface area contributed by atoms with Crippen LogP contribution >= 0.6 is 10.7 Å². The monoisotopic (exact) mass is 335 g/mol. The summed E-state index contributed by atoms with van der Waals surface area (Å²) in [6.45, 7) is 3.05. The Bertz CT molecular complexity index is 656. The van der Waals surface area contributed by atoms with Gasteiger partial charge in [0.2, 0.25) is 0 Å². The van der Waals surface area contributed by atoms with Crippen LogP contribution in [-0.4, -0.2) is 34.1 Å². The summed E-state index contributed by atoms with van der Waals surface area (Å²) in [5.74, 6) is -1.13. The van der Waals surface area contributed by atoms with E-state index < -0.39 is 25.7 Å². The Balaban J connectivity index is 2.22. The normalized spacial score (nSPS) is 18.7. The molecule has 0 spiro atoms. The summed E-state index contributed by atoms with van der Waals surface area (Å²) in [5, 5.41) is 2.66. The minimum atomic E-state index is -4.11. The summed E-state index contributed by atoms with van der Waals surface area (Å²) in [6, 6.07) is 1.81. The molecule has 1 aromatic carbocycles. The average molecular weight is 336 g/mol. The zero-order valence-electron chi connectivity index (χ0n) is 11.4. The molecule has 21 heavy (non-hydrogen) atoms. The molecule has 5 nitrogen and oxygen atoms in total. The molecule has 1 N–H and O–H groups in total. The Labute approximate surface area is 126 Å². The number of hydrogen-bond donors (Lipinski definition) is 1. The Morgan fingerprint density at radius 2 is 2.24 bits per heavy atom. The van der Waals surface area contributed by atoms with Gasteiger partial charge in [-0.3, -0.25) is 4.79 Å². The van der Waals surface area contributed by atoms with Crippen LogP contribution < -0.4 is 5.32 Å². The molecule has 2 rings (SSSR count). The first-order valence-electron chi connectivity index (χ1n) is 6.40. The van der Waals surface area contributed by atoms with Crippen LogP contribution in [0.1, 0.15) is 22.3 Å². The number of halogens is 2. The summed E-state index contributed by atoms with van der Waals surface area (Å²) < 4.78 is 41.5. The van der Waals surface area contributed by atoms with Crippen LogP contribution in [0.2, 0.25) is 0 Å². The Kier molecular flexibility index (Phi) is 4.85. The van der Waals surface area contributed by atoms with Crippen LogP contribution in [0.25, 0.3) is 0 Å². The van der Waals surface area contributed by atoms with Crippen LogP contribution in [0.15, 0.2) is 17.0 Å². The molecular weight excluding hydrogens is 321 g/mol. The van der Waals surface area contributed by atoms with Crippen LogP contribution in [0, 0.1) is 18.7 Å². The number of carbonyl (C=O) groups excluding carboxylic acids is 1. The largest absolute Gasteiger partial charge is 0.381 e. The average Bonchev–Trinajstić information content (AvgIpc) is 2.90. The summed E-state index contributed by atoms with van der Waals surface area (Å²) in [4.78, 5) is 11.7. The van der Waals surface area contributed by atoms with E-state index in [0.29, 0.717) is 19.8 Å². The minimum absolute atomic E-state index is 0.0341. The maximum Gasteiger partial charge on any atom is 0.261 e. The molecule has 1 atom stereocenters. The first-order valence-corrected chi connectivity index (χ1v) is 8.70. The van der Waals surface area contributed by atoms with E-state index in [2.05, 4.69) is 5.32 Å². The van der Waals surface area contributed by atoms with Gasteiger partial charge in [0.25, 0.3) is 15.0 Å². The maximum absolute atomic E-state index is 13.5. The van der Waals surface area contributed by atoms with Crippen molar-refractivity contribution in [2.75, 3.05) is 19.8 Å². The van der Waals surface area contributed by atoms with E-state index in [9.17, 15) is 17.6 Å². The van der Waals surface area contributed by atoms with E-state index in [0.717, 1.165) is 18.6 Å². The molecule has 0 saturated carbocycles. The van der Waals surface area contributed by atoms with Crippen LogP contribution in [0.5, 0.6) is 0 Å². The number of carbonyl (C=O) groups is 1. The number of nitrogens with one attached hydrogen (secondary N) is 1. The van der Waals surface area contributed by atoms with E-state index in [1.807, 2.05) is 0 Å². The molecule has 8 heteroatoms. The van der Waals surface area contributed by atoms with Gasteiger partial charge in [0.1, 0.15) is 5.82 Å². The molecule has 1 amide bonds. The van der Waals surface area contributed by atoms with E-state index in [-0.39, 0.29) is 17.0 Å². The van der Waals surface area contributed by atoms with Crippen LogP contribution in [0.3, 0.4) is 0 Å². The molecule has 0 bridgehead atoms. The van der Waals surface area contributed by atoms with Crippen molar-refractivity contribution in [3.05, 3.63) is 29.1 Å². The number of ether oxygens (including phenoxy) is 1. The second-order valence-corrected chi connectivity index (χ2v) is 7.49. The van der Waals surface area contributed by atoms with Gasteiger partial charge < -0.3 is 10.1 Å². The van der Waals surface area contributed by atoms with Crippen molar-refractivity contribution in [3.63, 3.8) is 0 Å². The molecule has 0 aliphatic carbocycles. The lowest BCUT2D eigenvalue weighted by molar-refractivity contribution is 0.0943. The first-order chi connectivity index (χ1) is 9.79. The number of rotatable bonds is 4. The second-order valence-electron chi connectivity index (χ2n) is 4.95. The van der Waals surface area contributed by atoms with E-state index >= 15 is 0 Å². The third-order valence-corrected chi connectivity index (χ3v) is 4.86. The van der Waals surface area contributed by atoms with Gasteiger partial charge in [-0.15, -0.1) is 0 Å². The van der Waals surface area contributed by atoms with Gasteiger partial charge in [0, 0.05) is 35.3 Å². The van der Waals surface area contributed by atoms with Crippen molar-refractivity contribution in [1.29, 1.82) is 0 Å². The summed E-state index contributed by atoms with van der Waals surface area (Å²) in [5.41, 5.74) is 0.0970. The lowest BCUT2D eigenvalue weighted by Gasteiger charge is -2.12. The Morgan fingerprint density at radius 3 is 2.81 bits per heavy atom. The van der Waals surface area contributed by atoms with Crippen molar-refractivity contribution in [2.24, 2.45) is 5.92 Å². The van der Waals surface area contributed by atoms with Gasteiger partial charge in [-0.1, -0.05) is 0 Å². The van der Waals surface area contributed by atoms with Gasteiger partial charge in [-0.05, 0) is 31.0 Å². The molecule has 1 fully saturated rings. The van der Waals surface area contributed by atoms with Gasteiger partial charge in [0.05, 0.1) is 11.5 Å². The fourth-order valence-corrected chi connectivity index (χ4v) is 3.43. The topological polar surface area (TPSA) is 72.5 Å². The molecular formula is C13H15ClFNO4S. The molecule has 0 radical (unpaired) electrons. The molecule has 0 aromatic heterocycles. The van der Waals surface area contributed by atoms with Crippen LogP contribution in [-0.2, 0) is 13.8 Å².